The number of nitrogens with one attached hydrogen (secondary N) is 1. The van der Waals surface area contributed by atoms with Gasteiger partial charge in [-0.05, 0) is 48.6 Å². The lowest BCUT2D eigenvalue weighted by molar-refractivity contribution is -0.391. The Morgan fingerprint density at radius 3 is 2.53 bits per heavy atom. The van der Waals surface area contributed by atoms with E-state index in [0.717, 1.165) is 22.9 Å². The number of pyridine rings is 1. The molecule has 0 bridgehead atoms. The molecule has 0 amide bonds. The summed E-state index contributed by atoms with van der Waals surface area (Å²) < 4.78 is 81.4. The number of hydrogen-bond donors (Lipinski definition) is 1. The van der Waals surface area contributed by atoms with Crippen LogP contribution in [-0.4, -0.2) is 29.3 Å². The highest BCUT2D eigenvalue weighted by Crippen LogP contribution is 2.48. The fourth-order valence-corrected chi connectivity index (χ4v) is 3.77. The Morgan fingerprint density at radius 1 is 1.00 bits per heavy atom. The van der Waals surface area contributed by atoms with Crippen LogP contribution in [0.3, 0.4) is 0 Å². The van der Waals surface area contributed by atoms with E-state index in [1.807, 2.05) is 0 Å². The summed E-state index contributed by atoms with van der Waals surface area (Å²) in [5.74, 6) is -1.12. The second-order valence-corrected chi connectivity index (χ2v) is 7.76. The fourth-order valence-electron chi connectivity index (χ4n) is 3.77. The average Bonchev–Trinajstić information content (AvgIpc) is 2.71. The third-order valence-corrected chi connectivity index (χ3v) is 5.57. The van der Waals surface area contributed by atoms with Crippen molar-refractivity contribution in [2.24, 2.45) is 0 Å². The molecule has 168 valence electrons. The molecule has 1 aliphatic heterocycles. The van der Waals surface area contributed by atoms with Crippen LogP contribution in [0.4, 0.5) is 22.0 Å². The summed E-state index contributed by atoms with van der Waals surface area (Å²) in [5, 5.41) is 4.93. The van der Waals surface area contributed by atoms with Gasteiger partial charge in [0.25, 0.3) is 0 Å². The van der Waals surface area contributed by atoms with Crippen LogP contribution in [0.15, 0.2) is 48.8 Å². The van der Waals surface area contributed by atoms with E-state index in [4.69, 9.17) is 4.74 Å². The highest BCUT2D eigenvalue weighted by molar-refractivity contribution is 5.84. The van der Waals surface area contributed by atoms with Gasteiger partial charge in [0.05, 0.1) is 0 Å². The molecular formula is C22H17F5N2O3. The van der Waals surface area contributed by atoms with E-state index >= 15 is 0 Å². The lowest BCUT2D eigenvalue weighted by Gasteiger charge is -2.36. The molecule has 1 saturated carbocycles. The molecule has 1 N–H and O–H groups in total. The maximum atomic E-state index is 14.3. The van der Waals surface area contributed by atoms with Crippen molar-refractivity contribution >= 4 is 10.8 Å². The molecule has 1 aromatic heterocycles. The Kier molecular flexibility index (Phi) is 4.85. The molecule has 5 rings (SSSR count). The van der Waals surface area contributed by atoms with Crippen LogP contribution in [0.5, 0.6) is 17.2 Å². The second kappa shape index (κ2) is 7.47. The Hall–Kier alpha value is -3.14. The van der Waals surface area contributed by atoms with Crippen molar-refractivity contribution in [2.45, 2.75) is 43.7 Å². The van der Waals surface area contributed by atoms with Crippen LogP contribution in [0.2, 0.25) is 0 Å². The zero-order valence-corrected chi connectivity index (χ0v) is 16.5. The highest BCUT2D eigenvalue weighted by atomic mass is 19.3. The highest BCUT2D eigenvalue weighted by Gasteiger charge is 2.66. The minimum atomic E-state index is -4.78. The SMILES string of the molecule is Fc1ccc2cnccc2c1CNC1CC(Oc2ccc3c(c2)OC(F)(F)C(F)(F)O3)C1. The predicted octanol–water partition coefficient (Wildman–Crippen LogP) is 5.03. The van der Waals surface area contributed by atoms with Crippen LogP contribution >= 0.6 is 0 Å². The minimum absolute atomic E-state index is 0.0803. The first-order valence-corrected chi connectivity index (χ1v) is 9.91. The smallest absolute Gasteiger partial charge is 0.490 e. The van der Waals surface area contributed by atoms with Crippen molar-refractivity contribution in [3.63, 3.8) is 0 Å². The Balaban J connectivity index is 1.18. The first-order chi connectivity index (χ1) is 15.2. The number of rotatable bonds is 5. The van der Waals surface area contributed by atoms with Gasteiger partial charge in [0.15, 0.2) is 11.5 Å². The van der Waals surface area contributed by atoms with Gasteiger partial charge in [-0.15, -0.1) is 0 Å². The van der Waals surface area contributed by atoms with Gasteiger partial charge >= 0.3 is 12.2 Å². The molecule has 0 spiro atoms. The summed E-state index contributed by atoms with van der Waals surface area (Å²) in [4.78, 5) is 4.04. The van der Waals surface area contributed by atoms with Gasteiger partial charge < -0.3 is 19.5 Å². The van der Waals surface area contributed by atoms with Gasteiger partial charge in [-0.25, -0.2) is 4.39 Å². The Morgan fingerprint density at radius 2 is 1.75 bits per heavy atom. The lowest BCUT2D eigenvalue weighted by atomic mass is 9.89. The molecule has 0 radical (unpaired) electrons. The van der Waals surface area contributed by atoms with E-state index in [0.29, 0.717) is 24.9 Å². The van der Waals surface area contributed by atoms with E-state index in [2.05, 4.69) is 19.8 Å². The van der Waals surface area contributed by atoms with E-state index < -0.39 is 23.7 Å². The molecule has 1 aliphatic carbocycles. The number of halogens is 5. The normalized spacial score (nSPS) is 22.9. The van der Waals surface area contributed by atoms with Gasteiger partial charge in [0, 0.05) is 42.0 Å². The molecule has 5 nitrogen and oxygen atoms in total. The first-order valence-electron chi connectivity index (χ1n) is 9.91. The first kappa shape index (κ1) is 20.7. The summed E-state index contributed by atoms with van der Waals surface area (Å²) in [6.07, 6.45) is -5.24. The van der Waals surface area contributed by atoms with Crippen molar-refractivity contribution in [3.05, 3.63) is 60.2 Å². The summed E-state index contributed by atoms with van der Waals surface area (Å²) in [6, 6.07) is 8.48. The van der Waals surface area contributed by atoms with Crippen LogP contribution < -0.4 is 19.5 Å². The standard InChI is InChI=1S/C22H17F5N2O3/c23-18-3-1-12-10-28-6-5-16(12)17(18)11-29-13-7-15(8-13)30-14-2-4-19-20(9-14)32-22(26,27)21(24,25)31-19/h1-6,9-10,13,15,29H,7-8,11H2. The van der Waals surface area contributed by atoms with Crippen molar-refractivity contribution in [3.8, 4) is 17.2 Å². The number of fused-ring (bicyclic) bond motifs is 2. The van der Waals surface area contributed by atoms with Gasteiger partial charge in [0.1, 0.15) is 17.7 Å². The molecule has 3 aromatic rings. The van der Waals surface area contributed by atoms with Gasteiger partial charge in [-0.2, -0.15) is 17.6 Å². The largest absolute Gasteiger partial charge is 0.507 e. The van der Waals surface area contributed by atoms with Crippen molar-refractivity contribution in [1.82, 2.24) is 10.3 Å². The number of nitrogens with zero attached hydrogens (tertiary/aromatic N) is 1. The molecule has 32 heavy (non-hydrogen) atoms. The topological polar surface area (TPSA) is 52.6 Å². The summed E-state index contributed by atoms with van der Waals surface area (Å²) >= 11 is 0. The molecule has 0 unspecified atom stereocenters. The second-order valence-electron chi connectivity index (χ2n) is 7.76. The van der Waals surface area contributed by atoms with Crippen LogP contribution in [0.25, 0.3) is 10.8 Å². The van der Waals surface area contributed by atoms with Gasteiger partial charge in [-0.1, -0.05) is 0 Å². The maximum absolute atomic E-state index is 14.3. The predicted molar refractivity (Wildman–Crippen MR) is 104 cm³/mol. The lowest BCUT2D eigenvalue weighted by Crippen LogP contribution is -2.52. The van der Waals surface area contributed by atoms with Crippen molar-refractivity contribution < 1.29 is 36.2 Å². The molecule has 1 fully saturated rings. The number of benzene rings is 2. The zero-order chi connectivity index (χ0) is 22.5. The van der Waals surface area contributed by atoms with E-state index in [9.17, 15) is 22.0 Å². The zero-order valence-electron chi connectivity index (χ0n) is 16.5. The average molecular weight is 452 g/mol. The van der Waals surface area contributed by atoms with E-state index in [1.54, 1.807) is 24.5 Å². The number of ether oxygens (including phenoxy) is 3. The third-order valence-electron chi connectivity index (χ3n) is 5.57. The van der Waals surface area contributed by atoms with Crippen LogP contribution in [0, 0.1) is 5.82 Å². The number of hydrogen-bond acceptors (Lipinski definition) is 5. The van der Waals surface area contributed by atoms with Crippen LogP contribution in [-0.2, 0) is 6.54 Å². The van der Waals surface area contributed by atoms with Crippen molar-refractivity contribution in [2.75, 3.05) is 0 Å². The molecule has 2 heterocycles. The molecule has 2 aliphatic rings. The summed E-state index contributed by atoms with van der Waals surface area (Å²) in [6.45, 7) is 0.331. The summed E-state index contributed by atoms with van der Waals surface area (Å²) in [7, 11) is 0. The van der Waals surface area contributed by atoms with Gasteiger partial charge in [0.2, 0.25) is 0 Å². The number of aromatic nitrogens is 1. The maximum Gasteiger partial charge on any atom is 0.507 e. The van der Waals surface area contributed by atoms with E-state index in [-0.39, 0.29) is 23.7 Å². The summed E-state index contributed by atoms with van der Waals surface area (Å²) in [5.41, 5.74) is 0.554. The van der Waals surface area contributed by atoms with Crippen molar-refractivity contribution in [1.29, 1.82) is 0 Å². The molecular weight excluding hydrogens is 435 g/mol. The van der Waals surface area contributed by atoms with Gasteiger partial charge in [-0.3, -0.25) is 4.98 Å². The molecule has 2 aromatic carbocycles. The van der Waals surface area contributed by atoms with E-state index in [1.165, 1.54) is 12.1 Å². The minimum Gasteiger partial charge on any atom is -0.490 e. The molecule has 0 atom stereocenters. The third kappa shape index (κ3) is 3.68. The molecule has 0 saturated heterocycles. The fraction of sp³-hybridized carbons (Fsp3) is 0.318. The molecule has 10 heteroatoms. The van der Waals surface area contributed by atoms with Crippen LogP contribution in [0.1, 0.15) is 18.4 Å². The Bertz CT molecular complexity index is 1170. The number of alkyl halides is 4. The monoisotopic (exact) mass is 452 g/mol. The Labute approximate surface area is 179 Å². The quantitative estimate of drug-likeness (QED) is 0.551.